The van der Waals surface area contributed by atoms with Gasteiger partial charge in [0.2, 0.25) is 0 Å². The molecule has 27 rings (SSSR count). The van der Waals surface area contributed by atoms with Gasteiger partial charge in [0, 0.05) is 98.0 Å². The molecule has 0 fully saturated rings. The van der Waals surface area contributed by atoms with Crippen molar-refractivity contribution < 1.29 is 17.7 Å². The van der Waals surface area contributed by atoms with E-state index in [1.807, 2.05) is 115 Å². The molecule has 0 atom stereocenters. The summed E-state index contributed by atoms with van der Waals surface area (Å²) in [4.78, 5) is 31.4. The number of hydrogen-bond donors (Lipinski definition) is 0. The molecule has 0 unspecified atom stereocenters. The molecular weight excluding hydrogens is 1500 g/mol. The first-order valence-corrected chi connectivity index (χ1v) is 40.9. The number of rotatable bonds is 8. The van der Waals surface area contributed by atoms with Crippen LogP contribution >= 0.6 is 0 Å². The summed E-state index contributed by atoms with van der Waals surface area (Å²) in [6.07, 6.45) is 0. The van der Waals surface area contributed by atoms with Gasteiger partial charge in [-0.15, -0.1) is 0 Å². The van der Waals surface area contributed by atoms with Crippen molar-refractivity contribution in [3.63, 3.8) is 0 Å². The first-order chi connectivity index (χ1) is 60.4. The molecule has 8 aromatic heterocycles. The molecule has 0 amide bonds. The van der Waals surface area contributed by atoms with Crippen molar-refractivity contribution in [3.05, 3.63) is 376 Å². The number of fused-ring (bicyclic) bond motifs is 24. The van der Waals surface area contributed by atoms with Gasteiger partial charge in [-0.25, -0.2) is 29.9 Å². The fourth-order valence-corrected chi connectivity index (χ4v) is 18.9. The SMILES string of the molecule is c1ccc(-c2nc(-c3ccc4oc5ccccc5c4c3)nc(-c3ccc(-n4c5cc6ccccc6cc5c5c6ccccc6ccc54)c4oc5ccccc5c34)n2)cc1.c1ccc2cc(-c3nc(-c4ccc5oc6ccccc6c5c4)nc(-c4ccc(-n5c6cc7ccccc7cc6c6cc7ccccc7cc65)c5oc6ccccc6c45)n3)ccc2c1. The summed E-state index contributed by atoms with van der Waals surface area (Å²) in [5, 5.41) is 24.6. The second-order valence-electron chi connectivity index (χ2n) is 31.5. The molecule has 122 heavy (non-hydrogen) atoms. The lowest BCUT2D eigenvalue weighted by Gasteiger charge is -2.13. The zero-order valence-electron chi connectivity index (χ0n) is 65.0. The fraction of sp³-hybridized carbons (Fsp3) is 0. The number of furan rings is 4. The molecular formula is C110H62N8O4. The average Bonchev–Trinajstić information content (AvgIpc) is 1.55. The van der Waals surface area contributed by atoms with Crippen molar-refractivity contribution in [2.24, 2.45) is 0 Å². The van der Waals surface area contributed by atoms with Crippen LogP contribution in [0.2, 0.25) is 0 Å². The summed E-state index contributed by atoms with van der Waals surface area (Å²) in [5.74, 6) is 3.45. The van der Waals surface area contributed by atoms with E-state index in [2.05, 4.69) is 270 Å². The Hall–Kier alpha value is -16.7. The van der Waals surface area contributed by atoms with Crippen LogP contribution in [-0.2, 0) is 0 Å². The summed E-state index contributed by atoms with van der Waals surface area (Å²) in [7, 11) is 0. The molecule has 0 spiro atoms. The number of nitrogens with zero attached hydrogens (tertiary/aromatic N) is 8. The third-order valence-corrected chi connectivity index (χ3v) is 24.6. The number of benzene rings is 19. The van der Waals surface area contributed by atoms with Crippen LogP contribution in [0.5, 0.6) is 0 Å². The molecule has 12 heteroatoms. The standard InChI is InChI=1S/C57H32N4O2.C53H30N4O2/c1-2-12-34-27-39(22-21-33(34)11-1)55-58-56(40-23-26-52-46(30-40)41-17-7-9-19-50(41)62-52)60-57(59-55)43-24-25-47(54-53(43)42-18-8-10-20-51(42)63-54)61-48-31-37-15-5-3-13-35(37)28-44(48)45-29-36-14-4-6-16-38(36)32-49(45)61;1-2-13-32(14-3-1)51-54-52(35-23-27-47-40(29-35)37-18-8-10-20-45(37)58-47)56-53(55-51)39-24-26-43(50-49(39)38-19-9-11-21-46(38)59-50)57-42-25-22-31-12-6-7-17-36(31)48(42)41-28-33-15-4-5-16-34(33)30-44(41)57/h1-32H;1-30H. The van der Waals surface area contributed by atoms with E-state index in [-0.39, 0.29) is 0 Å². The average molecular weight is 1560 g/mol. The van der Waals surface area contributed by atoms with Gasteiger partial charge in [-0.3, -0.25) is 0 Å². The van der Waals surface area contributed by atoms with Crippen molar-refractivity contribution >= 4 is 185 Å². The van der Waals surface area contributed by atoms with Crippen LogP contribution in [0, 0.1) is 0 Å². The molecule has 8 heterocycles. The van der Waals surface area contributed by atoms with Gasteiger partial charge in [0.05, 0.1) is 33.4 Å². The number of hydrogen-bond acceptors (Lipinski definition) is 10. The number of aromatic nitrogens is 8. The predicted octanol–water partition coefficient (Wildman–Crippen LogP) is 29.3. The molecule has 19 aromatic carbocycles. The quantitative estimate of drug-likeness (QED) is 0.144. The molecule has 0 aliphatic rings. The fourth-order valence-electron chi connectivity index (χ4n) is 18.9. The lowest BCUT2D eigenvalue weighted by molar-refractivity contribution is 0.666. The molecule has 0 bridgehead atoms. The van der Waals surface area contributed by atoms with E-state index in [9.17, 15) is 0 Å². The van der Waals surface area contributed by atoms with Crippen LogP contribution in [0.1, 0.15) is 0 Å². The minimum absolute atomic E-state index is 0.558. The molecule has 12 nitrogen and oxygen atoms in total. The van der Waals surface area contributed by atoms with E-state index in [4.69, 9.17) is 47.6 Å². The predicted molar refractivity (Wildman–Crippen MR) is 498 cm³/mol. The highest BCUT2D eigenvalue weighted by molar-refractivity contribution is 6.25. The Bertz CT molecular complexity index is 9050. The van der Waals surface area contributed by atoms with Crippen LogP contribution in [0.25, 0.3) is 265 Å². The maximum absolute atomic E-state index is 7.00. The monoisotopic (exact) mass is 1560 g/mol. The molecule has 566 valence electrons. The molecule has 0 saturated heterocycles. The van der Waals surface area contributed by atoms with Gasteiger partial charge < -0.3 is 26.8 Å². The van der Waals surface area contributed by atoms with E-state index < -0.39 is 0 Å². The highest BCUT2D eigenvalue weighted by atomic mass is 16.3. The van der Waals surface area contributed by atoms with Gasteiger partial charge in [0.25, 0.3) is 0 Å². The van der Waals surface area contributed by atoms with Gasteiger partial charge in [-0.1, -0.05) is 243 Å². The maximum Gasteiger partial charge on any atom is 0.164 e. The Balaban J connectivity index is 0.000000131. The van der Waals surface area contributed by atoms with E-state index in [0.29, 0.717) is 34.9 Å². The lowest BCUT2D eigenvalue weighted by atomic mass is 10.0. The van der Waals surface area contributed by atoms with Crippen LogP contribution in [-0.4, -0.2) is 39.0 Å². The first-order valence-electron chi connectivity index (χ1n) is 40.9. The Morgan fingerprint density at radius 2 is 0.508 bits per heavy atom. The first kappa shape index (κ1) is 67.5. The Labute approximate surface area is 693 Å². The van der Waals surface area contributed by atoms with Crippen molar-refractivity contribution in [2.75, 3.05) is 0 Å². The molecule has 0 aliphatic heterocycles. The minimum Gasteiger partial charge on any atom is -0.456 e. The molecule has 27 aromatic rings. The van der Waals surface area contributed by atoms with Gasteiger partial charge in [0.1, 0.15) is 33.5 Å². The van der Waals surface area contributed by atoms with E-state index in [1.54, 1.807) is 0 Å². The van der Waals surface area contributed by atoms with Crippen LogP contribution in [0.3, 0.4) is 0 Å². The Kier molecular flexibility index (Phi) is 14.6. The van der Waals surface area contributed by atoms with Crippen LogP contribution < -0.4 is 0 Å². The Morgan fingerprint density at radius 1 is 0.172 bits per heavy atom. The topological polar surface area (TPSA) is 140 Å². The van der Waals surface area contributed by atoms with Crippen LogP contribution in [0.15, 0.2) is 394 Å². The zero-order valence-corrected chi connectivity index (χ0v) is 65.0. The van der Waals surface area contributed by atoms with E-state index in [0.717, 1.165) is 165 Å². The molecule has 0 N–H and O–H groups in total. The third kappa shape index (κ3) is 10.5. The van der Waals surface area contributed by atoms with Crippen molar-refractivity contribution in [2.45, 2.75) is 0 Å². The molecule has 0 aliphatic carbocycles. The number of para-hydroxylation sites is 4. The minimum atomic E-state index is 0.558. The normalized spacial score (nSPS) is 12.1. The second-order valence-corrected chi connectivity index (χ2v) is 31.5. The summed E-state index contributed by atoms with van der Waals surface area (Å²) < 4.78 is 31.1. The van der Waals surface area contributed by atoms with Crippen LogP contribution in [0.4, 0.5) is 0 Å². The highest BCUT2D eigenvalue weighted by Crippen LogP contribution is 2.48. The largest absolute Gasteiger partial charge is 0.456 e. The van der Waals surface area contributed by atoms with Crippen molar-refractivity contribution in [1.29, 1.82) is 0 Å². The zero-order chi connectivity index (χ0) is 79.8. The van der Waals surface area contributed by atoms with Gasteiger partial charge in [-0.05, 0) is 187 Å². The second kappa shape index (κ2) is 26.4. The smallest absolute Gasteiger partial charge is 0.164 e. The van der Waals surface area contributed by atoms with Gasteiger partial charge >= 0.3 is 0 Å². The van der Waals surface area contributed by atoms with Crippen molar-refractivity contribution in [3.8, 4) is 79.7 Å². The summed E-state index contributed by atoms with van der Waals surface area (Å²) in [6, 6.07) is 131. The molecule has 0 saturated carbocycles. The van der Waals surface area contributed by atoms with E-state index in [1.165, 1.54) is 64.6 Å². The van der Waals surface area contributed by atoms with Gasteiger partial charge in [-0.2, -0.15) is 0 Å². The highest BCUT2D eigenvalue weighted by Gasteiger charge is 2.28. The third-order valence-electron chi connectivity index (χ3n) is 24.6. The summed E-state index contributed by atoms with van der Waals surface area (Å²) in [5.41, 5.74) is 18.0. The summed E-state index contributed by atoms with van der Waals surface area (Å²) >= 11 is 0. The molecule has 0 radical (unpaired) electrons. The summed E-state index contributed by atoms with van der Waals surface area (Å²) in [6.45, 7) is 0. The van der Waals surface area contributed by atoms with Gasteiger partial charge in [0.15, 0.2) is 46.1 Å². The van der Waals surface area contributed by atoms with Crippen molar-refractivity contribution in [1.82, 2.24) is 39.0 Å². The lowest BCUT2D eigenvalue weighted by Crippen LogP contribution is -2.01. The maximum atomic E-state index is 7.00. The van der Waals surface area contributed by atoms with E-state index >= 15 is 0 Å². The Morgan fingerprint density at radius 3 is 1.00 bits per heavy atom.